The molecule has 0 saturated heterocycles. The van der Waals surface area contributed by atoms with Gasteiger partial charge < -0.3 is 20.3 Å². The standard InChI is InChI=1S/C24H23N3O3/c28-16-18(29)15-25-24-26-22-12-5-4-11-21(22)23(27-24)17-7-6-10-20(14-13-17)30-19-8-2-1-3-9-19/h1-5,7-14,18,28-29H,6,15-16H2,(H,25,26,27). The summed E-state index contributed by atoms with van der Waals surface area (Å²) in [4.78, 5) is 9.21. The third-order valence-corrected chi connectivity index (χ3v) is 4.65. The highest BCUT2D eigenvalue weighted by molar-refractivity contribution is 5.93. The van der Waals surface area contributed by atoms with Crippen molar-refractivity contribution in [2.75, 3.05) is 18.5 Å². The van der Waals surface area contributed by atoms with Crippen molar-refractivity contribution in [3.8, 4) is 5.75 Å². The van der Waals surface area contributed by atoms with Gasteiger partial charge in [0.15, 0.2) is 0 Å². The molecule has 0 fully saturated rings. The van der Waals surface area contributed by atoms with Gasteiger partial charge in [0.2, 0.25) is 5.95 Å². The first kappa shape index (κ1) is 19.8. The molecule has 0 amide bonds. The van der Waals surface area contributed by atoms with E-state index in [1.165, 1.54) is 0 Å². The molecule has 0 spiro atoms. The maximum absolute atomic E-state index is 9.63. The lowest BCUT2D eigenvalue weighted by Crippen LogP contribution is -2.24. The number of nitrogens with one attached hydrogen (secondary N) is 1. The molecule has 4 rings (SSSR count). The third-order valence-electron chi connectivity index (χ3n) is 4.65. The molecule has 6 heteroatoms. The van der Waals surface area contributed by atoms with Gasteiger partial charge >= 0.3 is 0 Å². The van der Waals surface area contributed by atoms with Crippen molar-refractivity contribution >= 4 is 22.4 Å². The summed E-state index contributed by atoms with van der Waals surface area (Å²) in [5.41, 5.74) is 2.56. The summed E-state index contributed by atoms with van der Waals surface area (Å²) >= 11 is 0. The maximum Gasteiger partial charge on any atom is 0.223 e. The zero-order valence-corrected chi connectivity index (χ0v) is 16.4. The Bertz CT molecular complexity index is 1110. The van der Waals surface area contributed by atoms with Crippen LogP contribution in [0.2, 0.25) is 0 Å². The fourth-order valence-corrected chi connectivity index (χ4v) is 3.14. The molecule has 1 heterocycles. The highest BCUT2D eigenvalue weighted by atomic mass is 16.5. The van der Waals surface area contributed by atoms with Crippen molar-refractivity contribution in [2.45, 2.75) is 12.5 Å². The van der Waals surface area contributed by atoms with Crippen molar-refractivity contribution in [2.24, 2.45) is 0 Å². The monoisotopic (exact) mass is 401 g/mol. The molecule has 30 heavy (non-hydrogen) atoms. The molecule has 1 aliphatic rings. The SMILES string of the molecule is OCC(O)CNc1nc(C2=CCC=C(Oc3ccccc3)C=C2)c2ccccc2n1. The first-order valence-corrected chi connectivity index (χ1v) is 9.84. The molecule has 2 aromatic carbocycles. The highest BCUT2D eigenvalue weighted by Gasteiger charge is 2.12. The van der Waals surface area contributed by atoms with E-state index in [2.05, 4.69) is 21.4 Å². The molecule has 1 unspecified atom stereocenters. The second-order valence-electron chi connectivity index (χ2n) is 6.88. The van der Waals surface area contributed by atoms with Gasteiger partial charge in [-0.2, -0.15) is 0 Å². The summed E-state index contributed by atoms with van der Waals surface area (Å²) in [5, 5.41) is 22.6. The number of fused-ring (bicyclic) bond motifs is 1. The molecule has 3 aromatic rings. The maximum atomic E-state index is 9.63. The number of hydrogen-bond donors (Lipinski definition) is 3. The molecule has 0 radical (unpaired) electrons. The van der Waals surface area contributed by atoms with Crippen molar-refractivity contribution in [1.82, 2.24) is 9.97 Å². The van der Waals surface area contributed by atoms with Gasteiger partial charge in [-0.3, -0.25) is 0 Å². The number of allylic oxidation sites excluding steroid dienone is 5. The summed E-state index contributed by atoms with van der Waals surface area (Å²) in [5.74, 6) is 1.97. The first-order chi connectivity index (χ1) is 14.7. The molecule has 152 valence electrons. The van der Waals surface area contributed by atoms with Crippen LogP contribution in [0.1, 0.15) is 12.1 Å². The predicted molar refractivity (Wildman–Crippen MR) is 118 cm³/mol. The number of rotatable bonds is 7. The molecule has 6 nitrogen and oxygen atoms in total. The van der Waals surface area contributed by atoms with Crippen LogP contribution in [0.5, 0.6) is 5.75 Å². The van der Waals surface area contributed by atoms with Crippen LogP contribution >= 0.6 is 0 Å². The Hall–Kier alpha value is -3.48. The minimum atomic E-state index is -0.873. The molecule has 1 atom stereocenters. The molecule has 1 aliphatic carbocycles. The summed E-state index contributed by atoms with van der Waals surface area (Å²) in [6, 6.07) is 17.5. The van der Waals surface area contributed by atoms with Crippen LogP contribution in [0.15, 0.2) is 84.7 Å². The van der Waals surface area contributed by atoms with Gasteiger partial charge in [-0.05, 0) is 48.4 Å². The van der Waals surface area contributed by atoms with Gasteiger partial charge in [-0.25, -0.2) is 9.97 Å². The average Bonchev–Trinajstić information content (AvgIpc) is 3.03. The van der Waals surface area contributed by atoms with E-state index in [-0.39, 0.29) is 13.2 Å². The highest BCUT2D eigenvalue weighted by Crippen LogP contribution is 2.27. The predicted octanol–water partition coefficient (Wildman–Crippen LogP) is 3.70. The van der Waals surface area contributed by atoms with Crippen molar-refractivity contribution in [3.05, 3.63) is 90.4 Å². The number of aliphatic hydroxyl groups is 2. The average molecular weight is 401 g/mol. The van der Waals surface area contributed by atoms with Crippen LogP contribution in [0.25, 0.3) is 16.5 Å². The zero-order chi connectivity index (χ0) is 20.8. The largest absolute Gasteiger partial charge is 0.458 e. The first-order valence-electron chi connectivity index (χ1n) is 9.84. The van der Waals surface area contributed by atoms with Crippen LogP contribution in [0, 0.1) is 0 Å². The summed E-state index contributed by atoms with van der Waals surface area (Å²) in [6.45, 7) is -0.156. The van der Waals surface area contributed by atoms with Gasteiger partial charge in [-0.1, -0.05) is 42.5 Å². The number of aliphatic hydroxyl groups excluding tert-OH is 2. The summed E-state index contributed by atoms with van der Waals surface area (Å²) in [6.07, 6.45) is 7.88. The Morgan fingerprint density at radius 3 is 2.60 bits per heavy atom. The molecular weight excluding hydrogens is 378 g/mol. The number of ether oxygens (including phenoxy) is 1. The Morgan fingerprint density at radius 1 is 0.967 bits per heavy atom. The lowest BCUT2D eigenvalue weighted by Gasteiger charge is -2.12. The molecule has 0 aliphatic heterocycles. The lowest BCUT2D eigenvalue weighted by atomic mass is 10.1. The van der Waals surface area contributed by atoms with Crippen LogP contribution in [-0.4, -0.2) is 39.4 Å². The minimum Gasteiger partial charge on any atom is -0.458 e. The molecular formula is C24H23N3O3. The van der Waals surface area contributed by atoms with E-state index in [0.29, 0.717) is 12.4 Å². The van der Waals surface area contributed by atoms with Gasteiger partial charge in [0.25, 0.3) is 0 Å². The molecule has 0 bridgehead atoms. The number of benzene rings is 2. The van der Waals surface area contributed by atoms with E-state index in [1.54, 1.807) is 0 Å². The second-order valence-corrected chi connectivity index (χ2v) is 6.88. The van der Waals surface area contributed by atoms with Crippen molar-refractivity contribution in [3.63, 3.8) is 0 Å². The van der Waals surface area contributed by atoms with Gasteiger partial charge in [0.1, 0.15) is 11.5 Å². The molecule has 0 saturated carbocycles. The number of hydrogen-bond acceptors (Lipinski definition) is 6. The Balaban J connectivity index is 1.62. The van der Waals surface area contributed by atoms with E-state index < -0.39 is 6.10 Å². The number of anilines is 1. The Kier molecular flexibility index (Phi) is 6.17. The smallest absolute Gasteiger partial charge is 0.223 e. The topological polar surface area (TPSA) is 87.5 Å². The van der Waals surface area contributed by atoms with Crippen molar-refractivity contribution < 1.29 is 14.9 Å². The van der Waals surface area contributed by atoms with Gasteiger partial charge in [-0.15, -0.1) is 0 Å². The van der Waals surface area contributed by atoms with E-state index in [9.17, 15) is 5.11 Å². The zero-order valence-electron chi connectivity index (χ0n) is 16.4. The van der Waals surface area contributed by atoms with Gasteiger partial charge in [0.05, 0.1) is 23.9 Å². The number of para-hydroxylation sites is 2. The van der Waals surface area contributed by atoms with E-state index in [1.807, 2.05) is 72.8 Å². The fraction of sp³-hybridized carbons (Fsp3) is 0.167. The quantitative estimate of drug-likeness (QED) is 0.560. The van der Waals surface area contributed by atoms with Gasteiger partial charge in [0, 0.05) is 11.9 Å². The third kappa shape index (κ3) is 4.74. The Labute approximate surface area is 174 Å². The summed E-state index contributed by atoms with van der Waals surface area (Å²) in [7, 11) is 0. The lowest BCUT2D eigenvalue weighted by molar-refractivity contribution is 0.105. The molecule has 3 N–H and O–H groups in total. The second kappa shape index (κ2) is 9.35. The van der Waals surface area contributed by atoms with Crippen LogP contribution in [0.4, 0.5) is 5.95 Å². The number of aromatic nitrogens is 2. The van der Waals surface area contributed by atoms with Crippen LogP contribution < -0.4 is 10.1 Å². The van der Waals surface area contributed by atoms with E-state index in [0.717, 1.165) is 33.7 Å². The number of nitrogens with zero attached hydrogens (tertiary/aromatic N) is 2. The van der Waals surface area contributed by atoms with E-state index in [4.69, 9.17) is 9.84 Å². The molecule has 1 aromatic heterocycles. The van der Waals surface area contributed by atoms with Crippen LogP contribution in [0.3, 0.4) is 0 Å². The van der Waals surface area contributed by atoms with E-state index >= 15 is 0 Å². The summed E-state index contributed by atoms with van der Waals surface area (Å²) < 4.78 is 5.95. The normalized spacial score (nSPS) is 14.6. The van der Waals surface area contributed by atoms with Crippen molar-refractivity contribution in [1.29, 1.82) is 0 Å². The van der Waals surface area contributed by atoms with Crippen LogP contribution in [-0.2, 0) is 0 Å². The fourth-order valence-electron chi connectivity index (χ4n) is 3.14. The Morgan fingerprint density at radius 2 is 1.77 bits per heavy atom. The minimum absolute atomic E-state index is 0.166.